The molecule has 0 aromatic heterocycles. The number of nitrogens with one attached hydrogen (secondary N) is 1. The van der Waals surface area contributed by atoms with Gasteiger partial charge < -0.3 is 15.2 Å². The highest BCUT2D eigenvalue weighted by Crippen LogP contribution is 2.17. The van der Waals surface area contributed by atoms with Crippen LogP contribution in [0, 0.1) is 5.92 Å². The highest BCUT2D eigenvalue weighted by Gasteiger charge is 2.24. The monoisotopic (exact) mass is 257 g/mol. The van der Waals surface area contributed by atoms with Gasteiger partial charge in [0.1, 0.15) is 6.04 Å². The number of hydrogen-bond acceptors (Lipinski definition) is 3. The number of carbonyl (C=O) groups excluding carboxylic acids is 1. The average Bonchev–Trinajstić information content (AvgIpc) is 2.34. The number of carboxylic acids is 1. The standard InChI is InChI=1S/C13H23NO4/c1-9(2)12(13(16)17)14-11(15)7-6-10-5-3-4-8-18-10/h9-10,12H,3-8H2,1-2H3,(H,14,15)(H,16,17)/t10?,12-/m1/s1. The van der Waals surface area contributed by atoms with Gasteiger partial charge in [-0.25, -0.2) is 4.79 Å². The van der Waals surface area contributed by atoms with Crippen LogP contribution in [0.4, 0.5) is 0 Å². The zero-order valence-electron chi connectivity index (χ0n) is 11.1. The fourth-order valence-electron chi connectivity index (χ4n) is 2.09. The zero-order chi connectivity index (χ0) is 13.5. The van der Waals surface area contributed by atoms with Crippen molar-refractivity contribution in [3.63, 3.8) is 0 Å². The second kappa shape index (κ2) is 7.36. The third-order valence-electron chi connectivity index (χ3n) is 3.22. The minimum absolute atomic E-state index is 0.114. The molecule has 1 fully saturated rings. The lowest BCUT2D eigenvalue weighted by Crippen LogP contribution is -2.44. The van der Waals surface area contributed by atoms with E-state index in [-0.39, 0.29) is 17.9 Å². The SMILES string of the molecule is CC(C)[C@@H](NC(=O)CCC1CCCCO1)C(=O)O. The maximum atomic E-state index is 11.7. The molecule has 0 saturated carbocycles. The predicted molar refractivity (Wildman–Crippen MR) is 67.2 cm³/mol. The summed E-state index contributed by atoms with van der Waals surface area (Å²) in [5, 5.41) is 11.5. The molecular formula is C13H23NO4. The predicted octanol–water partition coefficient (Wildman–Crippen LogP) is 1.56. The van der Waals surface area contributed by atoms with Crippen LogP contribution >= 0.6 is 0 Å². The average molecular weight is 257 g/mol. The van der Waals surface area contributed by atoms with Crippen LogP contribution in [0.15, 0.2) is 0 Å². The molecule has 0 spiro atoms. The van der Waals surface area contributed by atoms with Gasteiger partial charge in [0.25, 0.3) is 0 Å². The summed E-state index contributed by atoms with van der Waals surface area (Å²) in [5.74, 6) is -1.30. The molecule has 0 radical (unpaired) electrons. The lowest BCUT2D eigenvalue weighted by Gasteiger charge is -2.23. The van der Waals surface area contributed by atoms with Crippen molar-refractivity contribution in [2.45, 2.75) is 58.1 Å². The topological polar surface area (TPSA) is 75.6 Å². The van der Waals surface area contributed by atoms with Gasteiger partial charge in [-0.3, -0.25) is 4.79 Å². The summed E-state index contributed by atoms with van der Waals surface area (Å²) in [6.07, 6.45) is 4.41. The number of carbonyl (C=O) groups is 2. The maximum absolute atomic E-state index is 11.7. The molecule has 1 rings (SSSR count). The van der Waals surface area contributed by atoms with Crippen molar-refractivity contribution in [1.29, 1.82) is 0 Å². The summed E-state index contributed by atoms with van der Waals surface area (Å²) in [6.45, 7) is 4.34. The van der Waals surface area contributed by atoms with Crippen molar-refractivity contribution >= 4 is 11.9 Å². The number of carboxylic acid groups (broad SMARTS) is 1. The fraction of sp³-hybridized carbons (Fsp3) is 0.846. The first-order valence-corrected chi connectivity index (χ1v) is 6.64. The van der Waals surface area contributed by atoms with Crippen LogP contribution in [-0.2, 0) is 14.3 Å². The lowest BCUT2D eigenvalue weighted by atomic mass is 10.0. The summed E-state index contributed by atoms with van der Waals surface area (Å²) in [7, 11) is 0. The first-order valence-electron chi connectivity index (χ1n) is 6.64. The molecule has 1 saturated heterocycles. The first-order chi connectivity index (χ1) is 8.50. The third-order valence-corrected chi connectivity index (χ3v) is 3.22. The van der Waals surface area contributed by atoms with E-state index in [4.69, 9.17) is 9.84 Å². The van der Waals surface area contributed by atoms with E-state index in [0.29, 0.717) is 12.8 Å². The van der Waals surface area contributed by atoms with Gasteiger partial charge in [-0.1, -0.05) is 13.8 Å². The Hall–Kier alpha value is -1.10. The minimum Gasteiger partial charge on any atom is -0.480 e. The van der Waals surface area contributed by atoms with Gasteiger partial charge in [-0.2, -0.15) is 0 Å². The molecule has 1 heterocycles. The van der Waals surface area contributed by atoms with Crippen molar-refractivity contribution < 1.29 is 19.4 Å². The molecule has 0 aliphatic carbocycles. The van der Waals surface area contributed by atoms with E-state index in [2.05, 4.69) is 5.32 Å². The molecule has 0 bridgehead atoms. The Bertz CT molecular complexity index is 285. The number of rotatable bonds is 6. The Morgan fingerprint density at radius 3 is 2.61 bits per heavy atom. The normalized spacial score (nSPS) is 21.6. The van der Waals surface area contributed by atoms with Gasteiger partial charge in [0.15, 0.2) is 0 Å². The Morgan fingerprint density at radius 1 is 1.39 bits per heavy atom. The molecular weight excluding hydrogens is 234 g/mol. The van der Waals surface area contributed by atoms with E-state index in [0.717, 1.165) is 25.9 Å². The van der Waals surface area contributed by atoms with Crippen molar-refractivity contribution in [3.05, 3.63) is 0 Å². The maximum Gasteiger partial charge on any atom is 0.326 e. The van der Waals surface area contributed by atoms with Crippen LogP contribution in [0.2, 0.25) is 0 Å². The summed E-state index contributed by atoms with van der Waals surface area (Å²) in [5.41, 5.74) is 0. The van der Waals surface area contributed by atoms with Crippen molar-refractivity contribution in [3.8, 4) is 0 Å². The van der Waals surface area contributed by atoms with E-state index < -0.39 is 12.0 Å². The van der Waals surface area contributed by atoms with E-state index in [9.17, 15) is 9.59 Å². The quantitative estimate of drug-likeness (QED) is 0.757. The van der Waals surface area contributed by atoms with E-state index in [1.807, 2.05) is 0 Å². The molecule has 1 aliphatic rings. The molecule has 0 aromatic rings. The van der Waals surface area contributed by atoms with Gasteiger partial charge in [0.05, 0.1) is 6.10 Å². The second-order valence-electron chi connectivity index (χ2n) is 5.15. The second-order valence-corrected chi connectivity index (χ2v) is 5.15. The largest absolute Gasteiger partial charge is 0.480 e. The van der Waals surface area contributed by atoms with Crippen LogP contribution < -0.4 is 5.32 Å². The van der Waals surface area contributed by atoms with Gasteiger partial charge >= 0.3 is 5.97 Å². The molecule has 18 heavy (non-hydrogen) atoms. The first kappa shape index (κ1) is 15.0. The van der Waals surface area contributed by atoms with Gasteiger partial charge in [-0.05, 0) is 31.6 Å². The van der Waals surface area contributed by atoms with E-state index in [1.165, 1.54) is 0 Å². The molecule has 5 heteroatoms. The van der Waals surface area contributed by atoms with Crippen molar-refractivity contribution in [1.82, 2.24) is 5.32 Å². The summed E-state index contributed by atoms with van der Waals surface area (Å²) >= 11 is 0. The summed E-state index contributed by atoms with van der Waals surface area (Å²) < 4.78 is 5.53. The van der Waals surface area contributed by atoms with Crippen LogP contribution in [0.1, 0.15) is 46.0 Å². The fourth-order valence-corrected chi connectivity index (χ4v) is 2.09. The summed E-state index contributed by atoms with van der Waals surface area (Å²) in [6, 6.07) is -0.801. The number of ether oxygens (including phenoxy) is 1. The molecule has 2 atom stereocenters. The highest BCUT2D eigenvalue weighted by atomic mass is 16.5. The van der Waals surface area contributed by atoms with Gasteiger partial charge in [-0.15, -0.1) is 0 Å². The van der Waals surface area contributed by atoms with Gasteiger partial charge in [0, 0.05) is 13.0 Å². The lowest BCUT2D eigenvalue weighted by molar-refractivity contribution is -0.143. The van der Waals surface area contributed by atoms with Crippen molar-refractivity contribution in [2.24, 2.45) is 5.92 Å². The molecule has 0 aromatic carbocycles. The summed E-state index contributed by atoms with van der Waals surface area (Å²) in [4.78, 5) is 22.6. The van der Waals surface area contributed by atoms with Crippen LogP contribution in [0.25, 0.3) is 0 Å². The minimum atomic E-state index is -0.979. The Kier molecular flexibility index (Phi) is 6.12. The molecule has 104 valence electrons. The number of aliphatic carboxylic acids is 1. The molecule has 1 amide bonds. The zero-order valence-corrected chi connectivity index (χ0v) is 11.1. The third kappa shape index (κ3) is 5.04. The van der Waals surface area contributed by atoms with Crippen LogP contribution in [0.3, 0.4) is 0 Å². The number of amides is 1. The molecule has 5 nitrogen and oxygen atoms in total. The molecule has 1 unspecified atom stereocenters. The van der Waals surface area contributed by atoms with Crippen LogP contribution in [-0.4, -0.2) is 35.7 Å². The smallest absolute Gasteiger partial charge is 0.326 e. The van der Waals surface area contributed by atoms with Gasteiger partial charge in [0.2, 0.25) is 5.91 Å². The van der Waals surface area contributed by atoms with Crippen molar-refractivity contribution in [2.75, 3.05) is 6.61 Å². The molecule has 2 N–H and O–H groups in total. The molecule has 1 aliphatic heterocycles. The van der Waals surface area contributed by atoms with E-state index in [1.54, 1.807) is 13.8 Å². The van der Waals surface area contributed by atoms with E-state index >= 15 is 0 Å². The van der Waals surface area contributed by atoms with Crippen LogP contribution in [0.5, 0.6) is 0 Å². The Morgan fingerprint density at radius 2 is 2.11 bits per heavy atom. The highest BCUT2D eigenvalue weighted by molar-refractivity contribution is 5.83. The Balaban J connectivity index is 2.29. The number of hydrogen-bond donors (Lipinski definition) is 2. The Labute approximate surface area is 108 Å².